The Morgan fingerprint density at radius 1 is 1.00 bits per heavy atom. The molecule has 0 heterocycles. The first kappa shape index (κ1) is 22.1. The SMILES string of the molecule is COc1cc(Br)cc([C@H](CC(=O)O)N(Cc2ccccc2)[C@H](C)c2ccccc2)c1. The fraction of sp³-hybridized carbons (Fsp3) is 0.240. The molecule has 0 fully saturated rings. The van der Waals surface area contributed by atoms with Crippen LogP contribution in [0.3, 0.4) is 0 Å². The Hall–Kier alpha value is -2.63. The zero-order chi connectivity index (χ0) is 21.5. The molecule has 1 N–H and O–H groups in total. The lowest BCUT2D eigenvalue weighted by Gasteiger charge is -2.37. The summed E-state index contributed by atoms with van der Waals surface area (Å²) < 4.78 is 6.30. The molecule has 3 rings (SSSR count). The van der Waals surface area contributed by atoms with E-state index < -0.39 is 5.97 Å². The molecule has 0 amide bonds. The molecule has 0 radical (unpaired) electrons. The summed E-state index contributed by atoms with van der Waals surface area (Å²) in [4.78, 5) is 14.1. The van der Waals surface area contributed by atoms with Crippen molar-refractivity contribution >= 4 is 21.9 Å². The van der Waals surface area contributed by atoms with Gasteiger partial charge in [-0.2, -0.15) is 0 Å². The molecular weight excluding hydrogens is 442 g/mol. The van der Waals surface area contributed by atoms with E-state index in [9.17, 15) is 9.90 Å². The lowest BCUT2D eigenvalue weighted by Crippen LogP contribution is -2.32. The van der Waals surface area contributed by atoms with Crippen LogP contribution in [0, 0.1) is 0 Å². The van der Waals surface area contributed by atoms with Gasteiger partial charge in [0.2, 0.25) is 0 Å². The summed E-state index contributed by atoms with van der Waals surface area (Å²) in [5, 5.41) is 9.74. The Balaban J connectivity index is 2.08. The molecule has 0 unspecified atom stereocenters. The highest BCUT2D eigenvalue weighted by atomic mass is 79.9. The van der Waals surface area contributed by atoms with Crippen molar-refractivity contribution in [2.75, 3.05) is 7.11 Å². The quantitative estimate of drug-likeness (QED) is 0.404. The second-order valence-corrected chi connectivity index (χ2v) is 8.20. The topological polar surface area (TPSA) is 49.8 Å². The third kappa shape index (κ3) is 5.71. The third-order valence-corrected chi connectivity index (χ3v) is 5.73. The van der Waals surface area contributed by atoms with Gasteiger partial charge in [-0.05, 0) is 41.8 Å². The molecular formula is C25H26BrNO3. The monoisotopic (exact) mass is 467 g/mol. The molecule has 5 heteroatoms. The Bertz CT molecular complexity index is 963. The van der Waals surface area contributed by atoms with Gasteiger partial charge in [-0.25, -0.2) is 0 Å². The summed E-state index contributed by atoms with van der Waals surface area (Å²) in [7, 11) is 1.62. The van der Waals surface area contributed by atoms with Crippen molar-refractivity contribution in [3.8, 4) is 5.75 Å². The van der Waals surface area contributed by atoms with Gasteiger partial charge in [0, 0.05) is 23.1 Å². The highest BCUT2D eigenvalue weighted by Crippen LogP contribution is 2.37. The van der Waals surface area contributed by atoms with Crippen molar-refractivity contribution in [2.45, 2.75) is 32.0 Å². The normalized spacial score (nSPS) is 13.1. The number of ether oxygens (including phenoxy) is 1. The van der Waals surface area contributed by atoms with Gasteiger partial charge in [-0.3, -0.25) is 9.69 Å². The van der Waals surface area contributed by atoms with Crippen LogP contribution in [0.15, 0.2) is 83.3 Å². The number of hydrogen-bond acceptors (Lipinski definition) is 3. The maximum atomic E-state index is 11.9. The number of carbonyl (C=O) groups is 1. The minimum Gasteiger partial charge on any atom is -0.497 e. The molecule has 0 aliphatic heterocycles. The minimum absolute atomic E-state index is 0.0103. The lowest BCUT2D eigenvalue weighted by molar-refractivity contribution is -0.138. The average Bonchev–Trinajstić information content (AvgIpc) is 2.76. The highest BCUT2D eigenvalue weighted by molar-refractivity contribution is 9.10. The van der Waals surface area contributed by atoms with E-state index in [1.54, 1.807) is 7.11 Å². The summed E-state index contributed by atoms with van der Waals surface area (Å²) in [6, 6.07) is 25.8. The van der Waals surface area contributed by atoms with Crippen LogP contribution in [0.4, 0.5) is 0 Å². The minimum atomic E-state index is -0.836. The van der Waals surface area contributed by atoms with E-state index in [2.05, 4.69) is 52.0 Å². The smallest absolute Gasteiger partial charge is 0.305 e. The zero-order valence-corrected chi connectivity index (χ0v) is 18.7. The standard InChI is InChI=1S/C25H26BrNO3/c1-18(20-11-7-4-8-12-20)27(17-19-9-5-3-6-10-19)24(16-25(28)29)21-13-22(26)15-23(14-21)30-2/h3-15,18,24H,16-17H2,1-2H3,(H,28,29)/t18-,24+/m1/s1. The second kappa shape index (κ2) is 10.4. The number of carboxylic acid groups (broad SMARTS) is 1. The van der Waals surface area contributed by atoms with Gasteiger partial charge in [0.25, 0.3) is 0 Å². The molecule has 0 spiro atoms. The molecule has 0 aromatic heterocycles. The second-order valence-electron chi connectivity index (χ2n) is 7.28. The number of carboxylic acids is 1. The molecule has 30 heavy (non-hydrogen) atoms. The van der Waals surface area contributed by atoms with Gasteiger partial charge in [-0.15, -0.1) is 0 Å². The number of aliphatic carboxylic acids is 1. The average molecular weight is 468 g/mol. The van der Waals surface area contributed by atoms with Crippen LogP contribution in [0.1, 0.15) is 42.1 Å². The number of methoxy groups -OCH3 is 1. The van der Waals surface area contributed by atoms with Crippen LogP contribution in [0.5, 0.6) is 5.75 Å². The van der Waals surface area contributed by atoms with Crippen LogP contribution in [0.25, 0.3) is 0 Å². The van der Waals surface area contributed by atoms with Crippen LogP contribution in [0.2, 0.25) is 0 Å². The zero-order valence-electron chi connectivity index (χ0n) is 17.2. The molecule has 0 saturated heterocycles. The summed E-state index contributed by atoms with van der Waals surface area (Å²) in [5.41, 5.74) is 3.19. The molecule has 156 valence electrons. The largest absolute Gasteiger partial charge is 0.497 e. The summed E-state index contributed by atoms with van der Waals surface area (Å²) in [5.74, 6) is -0.140. The van der Waals surface area contributed by atoms with E-state index in [0.717, 1.165) is 21.2 Å². The summed E-state index contributed by atoms with van der Waals surface area (Å²) in [6.45, 7) is 2.76. The number of benzene rings is 3. The van der Waals surface area contributed by atoms with Crippen LogP contribution >= 0.6 is 15.9 Å². The molecule has 3 aromatic carbocycles. The van der Waals surface area contributed by atoms with Crippen molar-refractivity contribution in [1.29, 1.82) is 0 Å². The fourth-order valence-corrected chi connectivity index (χ4v) is 4.21. The van der Waals surface area contributed by atoms with Crippen molar-refractivity contribution in [2.24, 2.45) is 0 Å². The van der Waals surface area contributed by atoms with Gasteiger partial charge >= 0.3 is 5.97 Å². The molecule has 0 aliphatic carbocycles. The molecule has 2 atom stereocenters. The Morgan fingerprint density at radius 3 is 2.23 bits per heavy atom. The predicted octanol–water partition coefficient (Wildman–Crippen LogP) is 6.24. The van der Waals surface area contributed by atoms with Crippen molar-refractivity contribution < 1.29 is 14.6 Å². The third-order valence-electron chi connectivity index (χ3n) is 5.27. The van der Waals surface area contributed by atoms with Gasteiger partial charge in [0.05, 0.1) is 13.5 Å². The molecule has 3 aromatic rings. The number of nitrogens with zero attached hydrogens (tertiary/aromatic N) is 1. The van der Waals surface area contributed by atoms with E-state index in [0.29, 0.717) is 12.3 Å². The van der Waals surface area contributed by atoms with Crippen molar-refractivity contribution in [3.63, 3.8) is 0 Å². The first-order valence-electron chi connectivity index (χ1n) is 9.89. The van der Waals surface area contributed by atoms with Gasteiger partial charge in [0.1, 0.15) is 5.75 Å². The van der Waals surface area contributed by atoms with E-state index in [-0.39, 0.29) is 18.5 Å². The predicted molar refractivity (Wildman–Crippen MR) is 123 cm³/mol. The Morgan fingerprint density at radius 2 is 1.63 bits per heavy atom. The molecule has 0 bridgehead atoms. The molecule has 0 saturated carbocycles. The van der Waals surface area contributed by atoms with E-state index in [1.807, 2.05) is 54.6 Å². The molecule has 4 nitrogen and oxygen atoms in total. The highest BCUT2D eigenvalue weighted by Gasteiger charge is 2.29. The summed E-state index contributed by atoms with van der Waals surface area (Å²) in [6.07, 6.45) is -0.0103. The molecule has 0 aliphatic rings. The number of halogens is 1. The van der Waals surface area contributed by atoms with E-state index in [1.165, 1.54) is 0 Å². The van der Waals surface area contributed by atoms with Crippen molar-refractivity contribution in [3.05, 3.63) is 100 Å². The maximum Gasteiger partial charge on any atom is 0.305 e. The van der Waals surface area contributed by atoms with Gasteiger partial charge in [-0.1, -0.05) is 76.6 Å². The van der Waals surface area contributed by atoms with Crippen LogP contribution in [-0.2, 0) is 11.3 Å². The van der Waals surface area contributed by atoms with E-state index >= 15 is 0 Å². The van der Waals surface area contributed by atoms with Crippen LogP contribution in [-0.4, -0.2) is 23.1 Å². The lowest BCUT2D eigenvalue weighted by atomic mass is 9.96. The van der Waals surface area contributed by atoms with E-state index in [4.69, 9.17) is 4.74 Å². The van der Waals surface area contributed by atoms with Gasteiger partial charge in [0.15, 0.2) is 0 Å². The number of hydrogen-bond donors (Lipinski definition) is 1. The van der Waals surface area contributed by atoms with Gasteiger partial charge < -0.3 is 9.84 Å². The number of rotatable bonds is 9. The maximum absolute atomic E-state index is 11.9. The Kier molecular flexibility index (Phi) is 7.66. The first-order chi connectivity index (χ1) is 14.5. The Labute approximate surface area is 186 Å². The van der Waals surface area contributed by atoms with Crippen molar-refractivity contribution in [1.82, 2.24) is 4.90 Å². The van der Waals surface area contributed by atoms with Crippen LogP contribution < -0.4 is 4.74 Å². The summed E-state index contributed by atoms with van der Waals surface area (Å²) >= 11 is 3.54. The first-order valence-corrected chi connectivity index (χ1v) is 10.7. The fourth-order valence-electron chi connectivity index (χ4n) is 3.72.